The molecule has 2 atom stereocenters. The summed E-state index contributed by atoms with van der Waals surface area (Å²) in [5, 5.41) is 9.62. The molecule has 0 spiro atoms. The first-order chi connectivity index (χ1) is 27.0. The zero-order chi connectivity index (χ0) is 40.1. The number of aliphatic hydroxyl groups is 1. The molecule has 0 fully saturated rings. The van der Waals surface area contributed by atoms with Crippen LogP contribution in [0.3, 0.4) is 0 Å². The average molecular weight is 779 g/mol. The highest BCUT2D eigenvalue weighted by atomic mass is 16.6. The number of hydrogen-bond acceptors (Lipinski definition) is 5. The Hall–Kier alpha value is -1.10. The van der Waals surface area contributed by atoms with Crippen LogP contribution in [0.4, 0.5) is 0 Å². The number of rotatable bonds is 46. The summed E-state index contributed by atoms with van der Waals surface area (Å²) in [7, 11) is 0. The monoisotopic (exact) mass is 779 g/mol. The summed E-state index contributed by atoms with van der Waals surface area (Å²) >= 11 is 0. The fraction of sp³-hybridized carbons (Fsp3) is 0.960. The van der Waals surface area contributed by atoms with E-state index < -0.39 is 6.10 Å². The largest absolute Gasteiger partial charge is 0.462 e. The highest BCUT2D eigenvalue weighted by Gasteiger charge is 2.16. The lowest BCUT2D eigenvalue weighted by Crippen LogP contribution is -2.28. The first-order valence-electron chi connectivity index (χ1n) is 25.0. The molecule has 0 aliphatic heterocycles. The molecule has 0 saturated carbocycles. The molecule has 0 aromatic carbocycles. The Morgan fingerprint density at radius 3 is 1.02 bits per heavy atom. The lowest BCUT2D eigenvalue weighted by Gasteiger charge is -2.15. The van der Waals surface area contributed by atoms with Gasteiger partial charge in [0.2, 0.25) is 0 Å². The van der Waals surface area contributed by atoms with Gasteiger partial charge in [0.25, 0.3) is 0 Å². The second-order valence-corrected chi connectivity index (χ2v) is 17.5. The van der Waals surface area contributed by atoms with Gasteiger partial charge < -0.3 is 14.6 Å². The standard InChI is InChI=1S/C50H98O5/c1-4-6-7-8-9-10-11-12-13-14-15-19-22-25-28-31-34-37-40-43-49(52)54-46-48(45-51)55-50(53)44-41-38-35-32-29-26-23-20-17-16-18-21-24-27-30-33-36-39-42-47(3)5-2/h47-48,51H,4-46H2,1-3H3/t47?,48-/m0/s1. The van der Waals surface area contributed by atoms with Gasteiger partial charge in [-0.05, 0) is 18.8 Å². The molecule has 55 heavy (non-hydrogen) atoms. The van der Waals surface area contributed by atoms with E-state index in [4.69, 9.17) is 9.47 Å². The SMILES string of the molecule is CCCCCCCCCCCCCCCCCCCCCC(=O)OC[C@H](CO)OC(=O)CCCCCCCCCCCCCCCCCCCCC(C)CC. The minimum Gasteiger partial charge on any atom is -0.462 e. The second-order valence-electron chi connectivity index (χ2n) is 17.5. The van der Waals surface area contributed by atoms with Gasteiger partial charge >= 0.3 is 11.9 Å². The predicted octanol–water partition coefficient (Wildman–Crippen LogP) is 16.1. The Morgan fingerprint density at radius 2 is 0.709 bits per heavy atom. The Balaban J connectivity index is 3.44. The van der Waals surface area contributed by atoms with Crippen molar-refractivity contribution in [3.05, 3.63) is 0 Å². The number of ether oxygens (including phenoxy) is 2. The summed E-state index contributed by atoms with van der Waals surface area (Å²) in [6.45, 7) is 6.60. The topological polar surface area (TPSA) is 72.8 Å². The average Bonchev–Trinajstić information content (AvgIpc) is 3.19. The number of carbonyl (C=O) groups excluding carboxylic acids is 2. The van der Waals surface area contributed by atoms with Gasteiger partial charge in [0.1, 0.15) is 6.61 Å². The fourth-order valence-corrected chi connectivity index (χ4v) is 7.77. The number of hydrogen-bond donors (Lipinski definition) is 1. The van der Waals surface area contributed by atoms with E-state index in [2.05, 4.69) is 20.8 Å². The zero-order valence-corrected chi connectivity index (χ0v) is 37.6. The maximum absolute atomic E-state index is 12.3. The quantitative estimate of drug-likeness (QED) is 0.0492. The third-order valence-corrected chi connectivity index (χ3v) is 11.9. The van der Waals surface area contributed by atoms with E-state index in [9.17, 15) is 14.7 Å². The first-order valence-corrected chi connectivity index (χ1v) is 25.0. The lowest BCUT2D eigenvalue weighted by atomic mass is 9.99. The predicted molar refractivity (Wildman–Crippen MR) is 238 cm³/mol. The van der Waals surface area contributed by atoms with Gasteiger partial charge in [0, 0.05) is 12.8 Å². The van der Waals surface area contributed by atoms with Crippen LogP contribution in [-0.2, 0) is 19.1 Å². The van der Waals surface area contributed by atoms with Crippen LogP contribution in [0.5, 0.6) is 0 Å². The van der Waals surface area contributed by atoms with Crippen molar-refractivity contribution in [2.75, 3.05) is 13.2 Å². The van der Waals surface area contributed by atoms with E-state index in [1.165, 1.54) is 218 Å². The van der Waals surface area contributed by atoms with Crippen molar-refractivity contribution >= 4 is 11.9 Å². The molecule has 1 unspecified atom stereocenters. The Labute approximate surface area is 344 Å². The molecule has 0 aromatic heterocycles. The minimum atomic E-state index is -0.763. The zero-order valence-electron chi connectivity index (χ0n) is 37.6. The van der Waals surface area contributed by atoms with Crippen LogP contribution in [0, 0.1) is 5.92 Å². The molecule has 0 aliphatic rings. The molecule has 0 aromatic rings. The van der Waals surface area contributed by atoms with Gasteiger partial charge in [-0.1, -0.05) is 258 Å². The Kier molecular flexibility index (Phi) is 44.7. The smallest absolute Gasteiger partial charge is 0.306 e. The van der Waals surface area contributed by atoms with Gasteiger partial charge in [0.05, 0.1) is 6.61 Å². The summed E-state index contributed by atoms with van der Waals surface area (Å²) in [6, 6.07) is 0. The molecule has 0 radical (unpaired) electrons. The van der Waals surface area contributed by atoms with Crippen molar-refractivity contribution in [1.29, 1.82) is 0 Å². The molecule has 0 aliphatic carbocycles. The summed E-state index contributed by atoms with van der Waals surface area (Å²) in [6.07, 6.45) is 51.8. The third kappa shape index (κ3) is 43.9. The molecule has 1 N–H and O–H groups in total. The van der Waals surface area contributed by atoms with E-state index in [1.54, 1.807) is 0 Å². The van der Waals surface area contributed by atoms with Crippen LogP contribution in [-0.4, -0.2) is 36.4 Å². The summed E-state index contributed by atoms with van der Waals surface area (Å²) in [5.41, 5.74) is 0. The van der Waals surface area contributed by atoms with Gasteiger partial charge in [-0.2, -0.15) is 0 Å². The molecule has 328 valence electrons. The molecule has 0 heterocycles. The molecule has 0 saturated heterocycles. The van der Waals surface area contributed by atoms with Crippen LogP contribution < -0.4 is 0 Å². The molecular formula is C50H98O5. The maximum Gasteiger partial charge on any atom is 0.306 e. The maximum atomic E-state index is 12.3. The molecule has 0 rings (SSSR count). The number of carbonyl (C=O) groups is 2. The normalized spacial score (nSPS) is 12.6. The van der Waals surface area contributed by atoms with E-state index in [0.717, 1.165) is 38.0 Å². The van der Waals surface area contributed by atoms with Crippen LogP contribution in [0.25, 0.3) is 0 Å². The number of esters is 2. The van der Waals surface area contributed by atoms with Crippen molar-refractivity contribution in [3.63, 3.8) is 0 Å². The molecule has 0 bridgehead atoms. The summed E-state index contributed by atoms with van der Waals surface area (Å²) in [5.74, 6) is 0.347. The fourth-order valence-electron chi connectivity index (χ4n) is 7.77. The highest BCUT2D eigenvalue weighted by molar-refractivity contribution is 5.70. The third-order valence-electron chi connectivity index (χ3n) is 11.9. The van der Waals surface area contributed by atoms with Crippen molar-refractivity contribution in [3.8, 4) is 0 Å². The second kappa shape index (κ2) is 45.6. The minimum absolute atomic E-state index is 0.0565. The van der Waals surface area contributed by atoms with Crippen LogP contribution in [0.1, 0.15) is 284 Å². The van der Waals surface area contributed by atoms with Crippen LogP contribution in [0.2, 0.25) is 0 Å². The molecule has 5 nitrogen and oxygen atoms in total. The highest BCUT2D eigenvalue weighted by Crippen LogP contribution is 2.18. The summed E-state index contributed by atoms with van der Waals surface area (Å²) < 4.78 is 10.7. The lowest BCUT2D eigenvalue weighted by molar-refractivity contribution is -0.161. The van der Waals surface area contributed by atoms with Gasteiger partial charge in [-0.25, -0.2) is 0 Å². The Bertz CT molecular complexity index is 769. The van der Waals surface area contributed by atoms with Crippen molar-refractivity contribution in [2.45, 2.75) is 290 Å². The summed E-state index contributed by atoms with van der Waals surface area (Å²) in [4.78, 5) is 24.4. The van der Waals surface area contributed by atoms with Crippen LogP contribution >= 0.6 is 0 Å². The first kappa shape index (κ1) is 53.9. The Morgan fingerprint density at radius 1 is 0.418 bits per heavy atom. The number of aliphatic hydroxyl groups excluding tert-OH is 1. The van der Waals surface area contributed by atoms with E-state index in [-0.39, 0.29) is 25.2 Å². The van der Waals surface area contributed by atoms with Crippen molar-refractivity contribution in [1.82, 2.24) is 0 Å². The van der Waals surface area contributed by atoms with E-state index >= 15 is 0 Å². The van der Waals surface area contributed by atoms with Crippen molar-refractivity contribution < 1.29 is 24.2 Å². The van der Waals surface area contributed by atoms with Crippen molar-refractivity contribution in [2.24, 2.45) is 5.92 Å². The molecular weight excluding hydrogens is 681 g/mol. The van der Waals surface area contributed by atoms with E-state index in [1.807, 2.05) is 0 Å². The number of unbranched alkanes of at least 4 members (excludes halogenated alkanes) is 35. The van der Waals surface area contributed by atoms with Gasteiger partial charge in [0.15, 0.2) is 6.10 Å². The van der Waals surface area contributed by atoms with Gasteiger partial charge in [-0.3, -0.25) is 9.59 Å². The molecule has 5 heteroatoms. The van der Waals surface area contributed by atoms with Gasteiger partial charge in [-0.15, -0.1) is 0 Å². The van der Waals surface area contributed by atoms with E-state index in [0.29, 0.717) is 12.8 Å². The molecule has 0 amide bonds. The van der Waals surface area contributed by atoms with Crippen LogP contribution in [0.15, 0.2) is 0 Å².